The second-order valence-corrected chi connectivity index (χ2v) is 5.40. The van der Waals surface area contributed by atoms with E-state index in [0.717, 1.165) is 22.6 Å². The zero-order valence-corrected chi connectivity index (χ0v) is 13.9. The molecule has 0 aromatic heterocycles. The average Bonchev–Trinajstić information content (AvgIpc) is 2.66. The molecule has 0 radical (unpaired) electrons. The van der Waals surface area contributed by atoms with Crippen molar-refractivity contribution in [2.45, 2.75) is 6.29 Å². The van der Waals surface area contributed by atoms with Gasteiger partial charge in [-0.2, -0.15) is 0 Å². The summed E-state index contributed by atoms with van der Waals surface area (Å²) in [6.07, 6.45) is -0.346. The lowest BCUT2D eigenvalue weighted by atomic mass is 10.1. The van der Waals surface area contributed by atoms with E-state index in [2.05, 4.69) is 41.3 Å². The van der Waals surface area contributed by atoms with E-state index in [1.807, 2.05) is 48.5 Å². The number of ether oxygens (including phenoxy) is 2. The first-order valence-corrected chi connectivity index (χ1v) is 7.89. The lowest BCUT2D eigenvalue weighted by Crippen LogP contribution is -2.10. The normalized spacial score (nSPS) is 10.8. The number of anilines is 3. The van der Waals surface area contributed by atoms with Crippen LogP contribution in [0.15, 0.2) is 84.9 Å². The molecular formula is C21H21NO2. The lowest BCUT2D eigenvalue weighted by Gasteiger charge is -2.26. The van der Waals surface area contributed by atoms with E-state index < -0.39 is 0 Å². The fourth-order valence-electron chi connectivity index (χ4n) is 2.75. The molecule has 0 bridgehead atoms. The fourth-order valence-corrected chi connectivity index (χ4v) is 2.75. The van der Waals surface area contributed by atoms with Crippen LogP contribution < -0.4 is 4.90 Å². The van der Waals surface area contributed by atoms with Crippen molar-refractivity contribution in [1.29, 1.82) is 0 Å². The van der Waals surface area contributed by atoms with E-state index >= 15 is 0 Å². The summed E-state index contributed by atoms with van der Waals surface area (Å²) in [5, 5.41) is 0. The van der Waals surface area contributed by atoms with Crippen LogP contribution in [0.3, 0.4) is 0 Å². The first-order chi connectivity index (χ1) is 11.8. The maximum Gasteiger partial charge on any atom is 0.183 e. The summed E-state index contributed by atoms with van der Waals surface area (Å²) in [7, 11) is 3.28. The Labute approximate surface area is 143 Å². The van der Waals surface area contributed by atoms with Gasteiger partial charge in [-0.25, -0.2) is 0 Å². The van der Waals surface area contributed by atoms with Crippen LogP contribution in [0.25, 0.3) is 0 Å². The molecule has 3 aromatic rings. The number of hydrogen-bond donors (Lipinski definition) is 0. The molecule has 3 nitrogen and oxygen atoms in total. The van der Waals surface area contributed by atoms with Crippen molar-refractivity contribution in [2.75, 3.05) is 19.1 Å². The number of benzene rings is 3. The molecule has 0 aliphatic carbocycles. The highest BCUT2D eigenvalue weighted by Gasteiger charge is 2.13. The first-order valence-electron chi connectivity index (χ1n) is 7.89. The van der Waals surface area contributed by atoms with Crippen LogP contribution in [-0.4, -0.2) is 14.2 Å². The van der Waals surface area contributed by atoms with Gasteiger partial charge in [0, 0.05) is 36.8 Å². The van der Waals surface area contributed by atoms with Gasteiger partial charge in [0.15, 0.2) is 6.29 Å². The Morgan fingerprint density at radius 1 is 0.583 bits per heavy atom. The summed E-state index contributed by atoms with van der Waals surface area (Å²) < 4.78 is 10.6. The molecule has 3 aromatic carbocycles. The topological polar surface area (TPSA) is 21.7 Å². The Hall–Kier alpha value is -2.62. The van der Waals surface area contributed by atoms with Crippen molar-refractivity contribution < 1.29 is 9.47 Å². The van der Waals surface area contributed by atoms with Crippen LogP contribution in [0, 0.1) is 0 Å². The molecule has 122 valence electrons. The van der Waals surface area contributed by atoms with Crippen molar-refractivity contribution in [3.8, 4) is 0 Å². The van der Waals surface area contributed by atoms with E-state index in [1.165, 1.54) is 0 Å². The van der Waals surface area contributed by atoms with E-state index in [0.29, 0.717) is 0 Å². The molecule has 0 heterocycles. The zero-order chi connectivity index (χ0) is 16.8. The molecule has 0 aliphatic heterocycles. The highest BCUT2D eigenvalue weighted by atomic mass is 16.7. The van der Waals surface area contributed by atoms with Crippen LogP contribution >= 0.6 is 0 Å². The fraction of sp³-hybridized carbons (Fsp3) is 0.143. The Morgan fingerprint density at radius 2 is 1.00 bits per heavy atom. The predicted molar refractivity (Wildman–Crippen MR) is 97.9 cm³/mol. The molecule has 0 N–H and O–H groups in total. The maximum absolute atomic E-state index is 5.32. The predicted octanol–water partition coefficient (Wildman–Crippen LogP) is 5.45. The van der Waals surface area contributed by atoms with Gasteiger partial charge in [-0.1, -0.05) is 48.5 Å². The molecule has 0 unspecified atom stereocenters. The van der Waals surface area contributed by atoms with E-state index in [9.17, 15) is 0 Å². The third-order valence-electron chi connectivity index (χ3n) is 3.88. The van der Waals surface area contributed by atoms with E-state index in [4.69, 9.17) is 9.47 Å². The van der Waals surface area contributed by atoms with Gasteiger partial charge < -0.3 is 14.4 Å². The summed E-state index contributed by atoms with van der Waals surface area (Å²) >= 11 is 0. The Balaban J connectivity index is 2.00. The van der Waals surface area contributed by atoms with E-state index in [-0.39, 0.29) is 6.29 Å². The van der Waals surface area contributed by atoms with Crippen LogP contribution in [0.1, 0.15) is 11.9 Å². The molecule has 3 heteroatoms. The second kappa shape index (κ2) is 7.77. The third kappa shape index (κ3) is 3.48. The van der Waals surface area contributed by atoms with Crippen LogP contribution in [0.4, 0.5) is 17.1 Å². The van der Waals surface area contributed by atoms with Crippen molar-refractivity contribution in [2.24, 2.45) is 0 Å². The summed E-state index contributed by atoms with van der Waals surface area (Å²) in [5.74, 6) is 0. The minimum Gasteiger partial charge on any atom is -0.352 e. The molecule has 0 spiro atoms. The van der Waals surface area contributed by atoms with Gasteiger partial charge >= 0.3 is 0 Å². The highest BCUT2D eigenvalue weighted by Crippen LogP contribution is 2.34. The summed E-state index contributed by atoms with van der Waals surface area (Å²) in [6, 6.07) is 28.9. The van der Waals surface area contributed by atoms with Crippen molar-refractivity contribution in [3.05, 3.63) is 90.5 Å². The number of rotatable bonds is 6. The number of hydrogen-bond acceptors (Lipinski definition) is 3. The second-order valence-electron chi connectivity index (χ2n) is 5.40. The SMILES string of the molecule is COC(OC)c1ccc(N(c2ccccc2)c2ccccc2)cc1. The Morgan fingerprint density at radius 3 is 1.42 bits per heavy atom. The van der Waals surface area contributed by atoms with Gasteiger partial charge in [0.25, 0.3) is 0 Å². The largest absolute Gasteiger partial charge is 0.352 e. The standard InChI is InChI=1S/C21H21NO2/c1-23-21(24-2)17-13-15-20(16-14-17)22(18-9-5-3-6-10-18)19-11-7-4-8-12-19/h3-16,21H,1-2H3. The van der Waals surface area contributed by atoms with Crippen molar-refractivity contribution in [1.82, 2.24) is 0 Å². The van der Waals surface area contributed by atoms with Gasteiger partial charge in [0.05, 0.1) is 0 Å². The first kappa shape index (κ1) is 16.2. The van der Waals surface area contributed by atoms with Crippen molar-refractivity contribution in [3.63, 3.8) is 0 Å². The Kier molecular flexibility index (Phi) is 5.26. The molecule has 3 rings (SSSR count). The van der Waals surface area contributed by atoms with Crippen molar-refractivity contribution >= 4 is 17.1 Å². The number of nitrogens with zero attached hydrogens (tertiary/aromatic N) is 1. The molecule has 0 amide bonds. The van der Waals surface area contributed by atoms with Gasteiger partial charge in [0.2, 0.25) is 0 Å². The quantitative estimate of drug-likeness (QED) is 0.564. The molecule has 0 aliphatic rings. The summed E-state index contributed by atoms with van der Waals surface area (Å²) in [4.78, 5) is 2.22. The van der Waals surface area contributed by atoms with Gasteiger partial charge in [-0.3, -0.25) is 0 Å². The number of methoxy groups -OCH3 is 2. The zero-order valence-electron chi connectivity index (χ0n) is 13.9. The van der Waals surface area contributed by atoms with Crippen LogP contribution in [0.5, 0.6) is 0 Å². The smallest absolute Gasteiger partial charge is 0.183 e. The minimum atomic E-state index is -0.346. The molecule has 24 heavy (non-hydrogen) atoms. The highest BCUT2D eigenvalue weighted by molar-refractivity contribution is 5.76. The molecular weight excluding hydrogens is 298 g/mol. The summed E-state index contributed by atoms with van der Waals surface area (Å²) in [5.41, 5.74) is 4.31. The third-order valence-corrected chi connectivity index (χ3v) is 3.88. The average molecular weight is 319 g/mol. The minimum absolute atomic E-state index is 0.346. The molecule has 0 fully saturated rings. The summed E-state index contributed by atoms with van der Waals surface area (Å²) in [6.45, 7) is 0. The molecule has 0 atom stereocenters. The van der Waals surface area contributed by atoms with Gasteiger partial charge in [0.1, 0.15) is 0 Å². The van der Waals surface area contributed by atoms with Gasteiger partial charge in [-0.05, 0) is 36.4 Å². The number of para-hydroxylation sites is 2. The maximum atomic E-state index is 5.32. The van der Waals surface area contributed by atoms with Gasteiger partial charge in [-0.15, -0.1) is 0 Å². The molecule has 0 saturated carbocycles. The van der Waals surface area contributed by atoms with Crippen LogP contribution in [-0.2, 0) is 9.47 Å². The van der Waals surface area contributed by atoms with E-state index in [1.54, 1.807) is 14.2 Å². The molecule has 0 saturated heterocycles. The monoisotopic (exact) mass is 319 g/mol. The van der Waals surface area contributed by atoms with Crippen LogP contribution in [0.2, 0.25) is 0 Å². The Bertz CT molecular complexity index is 698. The lowest BCUT2D eigenvalue weighted by molar-refractivity contribution is -0.106.